The molecule has 0 atom stereocenters. The number of aldehydes is 1. The van der Waals surface area contributed by atoms with Crippen molar-refractivity contribution in [3.63, 3.8) is 0 Å². The van der Waals surface area contributed by atoms with Gasteiger partial charge in [0.05, 0.1) is 12.5 Å². The van der Waals surface area contributed by atoms with Gasteiger partial charge in [-0.3, -0.25) is 4.79 Å². The van der Waals surface area contributed by atoms with E-state index in [0.29, 0.717) is 17.1 Å². The van der Waals surface area contributed by atoms with Crippen molar-refractivity contribution < 1.29 is 14.3 Å². The first-order valence-corrected chi connectivity index (χ1v) is 7.09. The maximum absolute atomic E-state index is 10.9. The number of benzene rings is 1. The molecule has 0 amide bonds. The molecule has 0 N–H and O–H groups in total. The van der Waals surface area contributed by atoms with Crippen molar-refractivity contribution in [1.29, 1.82) is 0 Å². The van der Waals surface area contributed by atoms with Crippen LogP contribution in [0.25, 0.3) is 0 Å². The van der Waals surface area contributed by atoms with Crippen molar-refractivity contribution in [2.24, 2.45) is 0 Å². The van der Waals surface area contributed by atoms with Crippen LogP contribution in [-0.4, -0.2) is 6.29 Å². The molecule has 1 aromatic rings. The topological polar surface area (TPSA) is 35.5 Å². The number of carbonyl (C=O) groups excluding carboxylic acids is 1. The van der Waals surface area contributed by atoms with E-state index in [9.17, 15) is 4.79 Å². The van der Waals surface area contributed by atoms with Gasteiger partial charge in [0.2, 0.25) is 0 Å². The van der Waals surface area contributed by atoms with Crippen LogP contribution in [0.4, 0.5) is 0 Å². The van der Waals surface area contributed by atoms with Crippen molar-refractivity contribution in [1.82, 2.24) is 0 Å². The third kappa shape index (κ3) is 7.48. The van der Waals surface area contributed by atoms with Crippen LogP contribution in [0, 0.1) is 0 Å². The molecular weight excluding hydrogens is 300 g/mol. The molecule has 3 nitrogen and oxygen atoms in total. The Morgan fingerprint density at radius 3 is 1.92 bits per heavy atom. The van der Waals surface area contributed by atoms with Gasteiger partial charge in [-0.15, -0.1) is 11.5 Å². The Bertz CT molecular complexity index is 751. The summed E-state index contributed by atoms with van der Waals surface area (Å²) in [6, 6.07) is 4.92. The van der Waals surface area contributed by atoms with Gasteiger partial charge in [0.15, 0.2) is 11.5 Å². The second kappa shape index (κ2) is 12.1. The molecule has 0 aliphatic carbocycles. The Kier molecular flexibility index (Phi) is 9.33. The first-order chi connectivity index (χ1) is 11.8. The van der Waals surface area contributed by atoms with E-state index in [4.69, 9.17) is 9.47 Å². The standard InChI is InChI=1S/C21H18O3/c1-3-5-7-9-11-15-23-20-14-13-19(18-22)17-21(20)24-16-12-10-8-6-4-2/h5-18H,1-2H2/b9-7+,10-8+,15-11+,16-12+. The van der Waals surface area contributed by atoms with Crippen molar-refractivity contribution in [3.05, 3.63) is 110 Å². The molecule has 0 saturated heterocycles. The lowest BCUT2D eigenvalue weighted by molar-refractivity contribution is 0.112. The Hall–Kier alpha value is -3.51. The van der Waals surface area contributed by atoms with Crippen molar-refractivity contribution in [2.45, 2.75) is 0 Å². The number of hydrogen-bond donors (Lipinski definition) is 0. The van der Waals surface area contributed by atoms with Gasteiger partial charge < -0.3 is 9.47 Å². The minimum Gasteiger partial charge on any atom is -0.461 e. The summed E-state index contributed by atoms with van der Waals surface area (Å²) >= 11 is 0. The van der Waals surface area contributed by atoms with Crippen LogP contribution in [-0.2, 0) is 0 Å². The maximum atomic E-state index is 10.9. The van der Waals surface area contributed by atoms with E-state index in [1.54, 1.807) is 66.8 Å². The van der Waals surface area contributed by atoms with Crippen molar-refractivity contribution >= 4 is 6.29 Å². The molecule has 24 heavy (non-hydrogen) atoms. The second-order valence-electron chi connectivity index (χ2n) is 4.23. The third-order valence-corrected chi connectivity index (χ3v) is 2.52. The zero-order valence-corrected chi connectivity index (χ0v) is 13.2. The summed E-state index contributed by atoms with van der Waals surface area (Å²) in [5.41, 5.74) is 5.75. The van der Waals surface area contributed by atoms with E-state index >= 15 is 0 Å². The van der Waals surface area contributed by atoms with Crippen molar-refractivity contribution in [3.8, 4) is 11.5 Å². The first kappa shape index (κ1) is 18.5. The summed E-state index contributed by atoms with van der Waals surface area (Å²) in [5.74, 6) is 0.923. The Morgan fingerprint density at radius 2 is 1.38 bits per heavy atom. The quantitative estimate of drug-likeness (QED) is 0.276. The number of hydrogen-bond acceptors (Lipinski definition) is 3. The molecule has 0 fully saturated rings. The lowest BCUT2D eigenvalue weighted by atomic mass is 10.2. The summed E-state index contributed by atoms with van der Waals surface area (Å²) < 4.78 is 11.0. The lowest BCUT2D eigenvalue weighted by Crippen LogP contribution is -1.91. The van der Waals surface area contributed by atoms with Gasteiger partial charge in [-0.25, -0.2) is 0 Å². The van der Waals surface area contributed by atoms with E-state index in [-0.39, 0.29) is 0 Å². The monoisotopic (exact) mass is 318 g/mol. The van der Waals surface area contributed by atoms with Gasteiger partial charge >= 0.3 is 0 Å². The SMILES string of the molecule is C=C=C/C=C/C=C/Oc1ccc(C=O)cc1O/C=C/C=C/C=C=C. The van der Waals surface area contributed by atoms with E-state index in [1.807, 2.05) is 0 Å². The highest BCUT2D eigenvalue weighted by Gasteiger charge is 2.04. The minimum absolute atomic E-state index is 0.433. The Labute approximate surface area is 142 Å². The fraction of sp³-hybridized carbons (Fsp3) is 0. The predicted octanol–water partition coefficient (Wildman–Crippen LogP) is 5.08. The highest BCUT2D eigenvalue weighted by Crippen LogP contribution is 2.28. The van der Waals surface area contributed by atoms with Gasteiger partial charge in [-0.05, 0) is 42.5 Å². The van der Waals surface area contributed by atoms with Crippen LogP contribution in [0.3, 0.4) is 0 Å². The molecule has 0 saturated carbocycles. The van der Waals surface area contributed by atoms with Gasteiger partial charge in [0.25, 0.3) is 0 Å². The summed E-state index contributed by atoms with van der Waals surface area (Å²) in [4.78, 5) is 10.9. The molecular formula is C21H18O3. The van der Waals surface area contributed by atoms with E-state index in [2.05, 4.69) is 24.6 Å². The highest BCUT2D eigenvalue weighted by atomic mass is 16.5. The van der Waals surface area contributed by atoms with Crippen LogP contribution in [0.15, 0.2) is 104 Å². The van der Waals surface area contributed by atoms with Crippen LogP contribution in [0.5, 0.6) is 11.5 Å². The number of carbonyl (C=O) groups is 1. The van der Waals surface area contributed by atoms with Gasteiger partial charge in [0, 0.05) is 5.56 Å². The number of rotatable bonds is 9. The second-order valence-corrected chi connectivity index (χ2v) is 4.23. The van der Waals surface area contributed by atoms with Crippen LogP contribution < -0.4 is 9.47 Å². The molecule has 0 aliphatic heterocycles. The molecule has 3 heteroatoms. The fourth-order valence-corrected chi connectivity index (χ4v) is 1.48. The average Bonchev–Trinajstić information content (AvgIpc) is 2.61. The summed E-state index contributed by atoms with van der Waals surface area (Å²) in [6.07, 6.45) is 17.6. The smallest absolute Gasteiger partial charge is 0.169 e. The highest BCUT2D eigenvalue weighted by molar-refractivity contribution is 5.76. The zero-order chi connectivity index (χ0) is 17.5. The largest absolute Gasteiger partial charge is 0.461 e. The number of allylic oxidation sites excluding steroid dienone is 8. The molecule has 120 valence electrons. The molecule has 1 aromatic carbocycles. The van der Waals surface area contributed by atoms with Crippen molar-refractivity contribution in [2.75, 3.05) is 0 Å². The number of ether oxygens (including phenoxy) is 2. The maximum Gasteiger partial charge on any atom is 0.169 e. The van der Waals surface area contributed by atoms with E-state index in [1.165, 1.54) is 12.5 Å². The van der Waals surface area contributed by atoms with Crippen LogP contribution >= 0.6 is 0 Å². The first-order valence-electron chi connectivity index (χ1n) is 7.09. The normalized spacial score (nSPS) is 10.8. The summed E-state index contributed by atoms with van der Waals surface area (Å²) in [5, 5.41) is 0. The van der Waals surface area contributed by atoms with Gasteiger partial charge in [0.1, 0.15) is 6.29 Å². The zero-order valence-electron chi connectivity index (χ0n) is 13.2. The van der Waals surface area contributed by atoms with E-state index < -0.39 is 0 Å². The third-order valence-electron chi connectivity index (χ3n) is 2.52. The summed E-state index contributed by atoms with van der Waals surface area (Å²) in [6.45, 7) is 6.91. The van der Waals surface area contributed by atoms with Crippen LogP contribution in [0.1, 0.15) is 10.4 Å². The molecule has 0 aliphatic rings. The van der Waals surface area contributed by atoms with E-state index in [0.717, 1.165) is 6.29 Å². The molecule has 1 rings (SSSR count). The molecule has 0 heterocycles. The Morgan fingerprint density at radius 1 is 0.792 bits per heavy atom. The molecule has 0 bridgehead atoms. The predicted molar refractivity (Wildman–Crippen MR) is 97.1 cm³/mol. The molecule has 0 aromatic heterocycles. The molecule has 0 radical (unpaired) electrons. The fourth-order valence-electron chi connectivity index (χ4n) is 1.48. The molecule has 0 spiro atoms. The lowest BCUT2D eigenvalue weighted by Gasteiger charge is -2.07. The van der Waals surface area contributed by atoms with Gasteiger partial charge in [-0.1, -0.05) is 37.5 Å². The average molecular weight is 318 g/mol. The van der Waals surface area contributed by atoms with Gasteiger partial charge in [-0.2, -0.15) is 0 Å². The minimum atomic E-state index is 0.433. The summed E-state index contributed by atoms with van der Waals surface area (Å²) in [7, 11) is 0. The van der Waals surface area contributed by atoms with Crippen LogP contribution in [0.2, 0.25) is 0 Å². The Balaban J connectivity index is 2.81. The molecule has 0 unspecified atom stereocenters.